The lowest BCUT2D eigenvalue weighted by atomic mass is 10.2. The first-order valence-electron chi connectivity index (χ1n) is 6.45. The Labute approximate surface area is 147 Å². The highest BCUT2D eigenvalue weighted by atomic mass is 35.5. The van der Waals surface area contributed by atoms with E-state index in [1.807, 2.05) is 0 Å². The smallest absolute Gasteiger partial charge is 0.342 e. The van der Waals surface area contributed by atoms with Gasteiger partial charge in [-0.15, -0.1) is 0 Å². The third-order valence-electron chi connectivity index (χ3n) is 2.76. The Balaban J connectivity index is 2.02. The van der Waals surface area contributed by atoms with Crippen LogP contribution in [0, 0.1) is 0 Å². The molecule has 23 heavy (non-hydrogen) atoms. The number of nitrogens with one attached hydrogen (secondary N) is 1. The molecule has 0 fully saturated rings. The number of esters is 1. The summed E-state index contributed by atoms with van der Waals surface area (Å²) in [6.07, 6.45) is 0.398. The number of hydrogen-bond acceptors (Lipinski definition) is 4. The minimum absolute atomic E-state index is 0.00623. The first-order chi connectivity index (χ1) is 10.9. The molecule has 0 saturated carbocycles. The lowest BCUT2D eigenvalue weighted by Gasteiger charge is -2.14. The number of carbonyl (C=O) groups is 2. The number of pyridine rings is 1. The van der Waals surface area contributed by atoms with E-state index in [2.05, 4.69) is 10.3 Å². The van der Waals surface area contributed by atoms with E-state index in [0.717, 1.165) is 0 Å². The zero-order valence-electron chi connectivity index (χ0n) is 11.8. The highest BCUT2D eigenvalue weighted by Crippen LogP contribution is 2.22. The Morgan fingerprint density at radius 1 is 1.17 bits per heavy atom. The quantitative estimate of drug-likeness (QED) is 0.643. The van der Waals surface area contributed by atoms with Crippen LogP contribution in [0.5, 0.6) is 0 Å². The number of ether oxygens (including phenoxy) is 1. The van der Waals surface area contributed by atoms with Crippen molar-refractivity contribution in [1.29, 1.82) is 0 Å². The molecule has 0 aliphatic rings. The van der Waals surface area contributed by atoms with Crippen molar-refractivity contribution in [2.24, 2.45) is 0 Å². The van der Waals surface area contributed by atoms with Crippen molar-refractivity contribution < 1.29 is 14.3 Å². The molecule has 0 bridgehead atoms. The topological polar surface area (TPSA) is 68.3 Å². The van der Waals surface area contributed by atoms with Crippen LogP contribution in [-0.2, 0) is 9.53 Å². The number of aromatic nitrogens is 1. The molecule has 0 spiro atoms. The molecule has 1 amide bonds. The standard InChI is InChI=1S/C15H11Cl3N2O3/c1-8(23-15(22)12-3-2-4-19-13(12)18)14(21)20-11-6-9(16)5-10(17)7-11/h2-8H,1H3,(H,20,21)/t8-/m0/s1. The van der Waals surface area contributed by atoms with Gasteiger partial charge in [-0.25, -0.2) is 9.78 Å². The van der Waals surface area contributed by atoms with Gasteiger partial charge in [0.2, 0.25) is 0 Å². The predicted octanol–water partition coefficient (Wildman–Crippen LogP) is 4.23. The fourth-order valence-corrected chi connectivity index (χ4v) is 2.41. The maximum atomic E-state index is 12.1. The molecule has 0 aliphatic heterocycles. The number of halogens is 3. The fourth-order valence-electron chi connectivity index (χ4n) is 1.69. The zero-order chi connectivity index (χ0) is 17.0. The second-order valence-electron chi connectivity index (χ2n) is 4.54. The summed E-state index contributed by atoms with van der Waals surface area (Å²) in [7, 11) is 0. The van der Waals surface area contributed by atoms with Crippen LogP contribution in [0.2, 0.25) is 15.2 Å². The Bertz CT molecular complexity index is 732. The third kappa shape index (κ3) is 4.82. The summed E-state index contributed by atoms with van der Waals surface area (Å²) in [6, 6.07) is 7.59. The Morgan fingerprint density at radius 2 is 1.83 bits per heavy atom. The lowest BCUT2D eigenvalue weighted by molar-refractivity contribution is -0.123. The van der Waals surface area contributed by atoms with Gasteiger partial charge in [-0.05, 0) is 37.3 Å². The predicted molar refractivity (Wildman–Crippen MR) is 89.2 cm³/mol. The van der Waals surface area contributed by atoms with Gasteiger partial charge in [0, 0.05) is 21.9 Å². The van der Waals surface area contributed by atoms with Gasteiger partial charge in [0.25, 0.3) is 5.91 Å². The molecule has 1 aromatic heterocycles. The van der Waals surface area contributed by atoms with Gasteiger partial charge >= 0.3 is 5.97 Å². The first kappa shape index (κ1) is 17.5. The number of amides is 1. The average Bonchev–Trinajstić information content (AvgIpc) is 2.46. The minimum atomic E-state index is -1.04. The lowest BCUT2D eigenvalue weighted by Crippen LogP contribution is -2.30. The maximum Gasteiger partial charge on any atom is 0.342 e. The van der Waals surface area contributed by atoms with E-state index < -0.39 is 18.0 Å². The molecule has 5 nitrogen and oxygen atoms in total. The highest BCUT2D eigenvalue weighted by molar-refractivity contribution is 6.35. The average molecular weight is 374 g/mol. The van der Waals surface area contributed by atoms with Crippen LogP contribution in [0.25, 0.3) is 0 Å². The second kappa shape index (κ2) is 7.64. The van der Waals surface area contributed by atoms with Crippen LogP contribution in [0.15, 0.2) is 36.5 Å². The largest absolute Gasteiger partial charge is 0.449 e. The zero-order valence-corrected chi connectivity index (χ0v) is 14.1. The van der Waals surface area contributed by atoms with Crippen LogP contribution < -0.4 is 5.32 Å². The Kier molecular flexibility index (Phi) is 5.82. The number of hydrogen-bond donors (Lipinski definition) is 1. The normalized spacial score (nSPS) is 11.7. The van der Waals surface area contributed by atoms with Crippen LogP contribution in [0.1, 0.15) is 17.3 Å². The molecule has 2 aromatic rings. The maximum absolute atomic E-state index is 12.1. The van der Waals surface area contributed by atoms with Crippen LogP contribution in [0.4, 0.5) is 5.69 Å². The molecule has 1 aromatic carbocycles. The summed E-state index contributed by atoms with van der Waals surface area (Å²) < 4.78 is 5.07. The molecule has 0 aliphatic carbocycles. The van der Waals surface area contributed by atoms with Crippen LogP contribution >= 0.6 is 34.8 Å². The fraction of sp³-hybridized carbons (Fsp3) is 0.133. The van der Waals surface area contributed by atoms with Gasteiger partial charge in [0.05, 0.1) is 5.56 Å². The Hall–Kier alpha value is -1.82. The summed E-state index contributed by atoms with van der Waals surface area (Å²) in [4.78, 5) is 27.8. The van der Waals surface area contributed by atoms with Crippen molar-refractivity contribution in [3.8, 4) is 0 Å². The van der Waals surface area contributed by atoms with Crippen molar-refractivity contribution in [2.75, 3.05) is 5.32 Å². The van der Waals surface area contributed by atoms with Crippen LogP contribution in [0.3, 0.4) is 0 Å². The molecule has 0 unspecified atom stereocenters. The van der Waals surface area contributed by atoms with Gasteiger partial charge in [0.15, 0.2) is 6.10 Å². The van der Waals surface area contributed by atoms with E-state index in [-0.39, 0.29) is 10.7 Å². The molecule has 0 saturated heterocycles. The van der Waals surface area contributed by atoms with Gasteiger partial charge in [0.1, 0.15) is 5.15 Å². The number of benzene rings is 1. The summed E-state index contributed by atoms with van der Waals surface area (Å²) in [5.41, 5.74) is 0.481. The van der Waals surface area contributed by atoms with E-state index in [1.165, 1.54) is 37.4 Å². The molecule has 1 heterocycles. The third-order valence-corrected chi connectivity index (χ3v) is 3.50. The monoisotopic (exact) mass is 372 g/mol. The second-order valence-corrected chi connectivity index (χ2v) is 5.77. The van der Waals surface area contributed by atoms with Gasteiger partial charge in [-0.2, -0.15) is 0 Å². The van der Waals surface area contributed by atoms with E-state index in [1.54, 1.807) is 6.07 Å². The molecule has 8 heteroatoms. The highest BCUT2D eigenvalue weighted by Gasteiger charge is 2.21. The number of rotatable bonds is 4. The minimum Gasteiger partial charge on any atom is -0.449 e. The van der Waals surface area contributed by atoms with E-state index in [9.17, 15) is 9.59 Å². The van der Waals surface area contributed by atoms with E-state index >= 15 is 0 Å². The van der Waals surface area contributed by atoms with Crippen molar-refractivity contribution in [3.63, 3.8) is 0 Å². The Morgan fingerprint density at radius 3 is 2.43 bits per heavy atom. The van der Waals surface area contributed by atoms with Gasteiger partial charge in [-0.1, -0.05) is 34.8 Å². The number of nitrogens with zero attached hydrogens (tertiary/aromatic N) is 1. The van der Waals surface area contributed by atoms with Crippen molar-refractivity contribution in [2.45, 2.75) is 13.0 Å². The summed E-state index contributed by atoms with van der Waals surface area (Å²) in [5, 5.41) is 3.32. The summed E-state index contributed by atoms with van der Waals surface area (Å²) >= 11 is 17.5. The number of anilines is 1. The molecule has 1 N–H and O–H groups in total. The molecular formula is C15H11Cl3N2O3. The van der Waals surface area contributed by atoms with E-state index in [4.69, 9.17) is 39.5 Å². The summed E-state index contributed by atoms with van der Waals surface area (Å²) in [6.45, 7) is 1.43. The van der Waals surface area contributed by atoms with Gasteiger partial charge in [-0.3, -0.25) is 4.79 Å². The van der Waals surface area contributed by atoms with Crippen molar-refractivity contribution in [1.82, 2.24) is 4.98 Å². The van der Waals surface area contributed by atoms with E-state index in [0.29, 0.717) is 15.7 Å². The molecule has 120 valence electrons. The van der Waals surface area contributed by atoms with Crippen LogP contribution in [-0.4, -0.2) is 23.0 Å². The molecular weight excluding hydrogens is 363 g/mol. The molecule has 2 rings (SSSR count). The SMILES string of the molecule is C[C@H](OC(=O)c1cccnc1Cl)C(=O)Nc1cc(Cl)cc(Cl)c1. The first-order valence-corrected chi connectivity index (χ1v) is 7.58. The molecule has 0 radical (unpaired) electrons. The summed E-state index contributed by atoms with van der Waals surface area (Å²) in [5.74, 6) is -1.27. The van der Waals surface area contributed by atoms with Crippen molar-refractivity contribution >= 4 is 52.4 Å². The van der Waals surface area contributed by atoms with Gasteiger partial charge < -0.3 is 10.1 Å². The van der Waals surface area contributed by atoms with Crippen molar-refractivity contribution in [3.05, 3.63) is 57.3 Å². The number of carbonyl (C=O) groups excluding carboxylic acids is 2. The molecule has 1 atom stereocenters.